The fourth-order valence-corrected chi connectivity index (χ4v) is 5.49. The van der Waals surface area contributed by atoms with Gasteiger partial charge < -0.3 is 4.90 Å². The highest BCUT2D eigenvalue weighted by Gasteiger charge is 2.17. The first-order valence-corrected chi connectivity index (χ1v) is 11.2. The van der Waals surface area contributed by atoms with Crippen LogP contribution in [-0.2, 0) is 10.0 Å². The topological polar surface area (TPSA) is 75.2 Å². The summed E-state index contributed by atoms with van der Waals surface area (Å²) >= 11 is 6.84. The van der Waals surface area contributed by atoms with Crippen LogP contribution in [0.1, 0.15) is 12.8 Å². The van der Waals surface area contributed by atoms with Crippen molar-refractivity contribution in [1.29, 1.82) is 0 Å². The number of nitrogens with zero attached hydrogens (tertiary/aromatic N) is 3. The molecule has 1 N–H and O–H groups in total. The minimum Gasteiger partial charge on any atom is -0.355 e. The zero-order valence-electron chi connectivity index (χ0n) is 14.3. The molecule has 1 fully saturated rings. The molecule has 0 bridgehead atoms. The Morgan fingerprint density at radius 3 is 2.30 bits per heavy atom. The number of hydrogen-bond acceptors (Lipinski definition) is 6. The number of anilines is 2. The van der Waals surface area contributed by atoms with Crippen molar-refractivity contribution in [3.05, 3.63) is 52.9 Å². The van der Waals surface area contributed by atoms with Crippen molar-refractivity contribution in [2.75, 3.05) is 22.7 Å². The molecule has 1 aliphatic rings. The van der Waals surface area contributed by atoms with E-state index in [1.165, 1.54) is 18.9 Å². The van der Waals surface area contributed by atoms with Crippen molar-refractivity contribution >= 4 is 44.5 Å². The highest BCUT2D eigenvalue weighted by atomic mass is 35.5. The standard InChI is InChI=1S/C18H17ClN4O2S2/c19-16-8-10-18(26-16)27(24,25)22-14-5-3-13(4-6-14)15-7-9-17(21-20-15)23-11-1-2-12-23/h3-10,22H,1-2,11-12H2. The molecule has 140 valence electrons. The number of thiophene rings is 1. The lowest BCUT2D eigenvalue weighted by atomic mass is 10.1. The molecule has 3 heterocycles. The molecule has 1 aliphatic heterocycles. The maximum absolute atomic E-state index is 12.3. The van der Waals surface area contributed by atoms with Crippen LogP contribution in [0.25, 0.3) is 11.3 Å². The van der Waals surface area contributed by atoms with Crippen LogP contribution in [0.5, 0.6) is 0 Å². The first-order chi connectivity index (χ1) is 13.0. The zero-order valence-corrected chi connectivity index (χ0v) is 16.7. The minimum absolute atomic E-state index is 0.181. The Labute approximate surface area is 166 Å². The van der Waals surface area contributed by atoms with E-state index >= 15 is 0 Å². The quantitative estimate of drug-likeness (QED) is 0.667. The normalized spacial score (nSPS) is 14.5. The molecule has 0 saturated carbocycles. The predicted molar refractivity (Wildman–Crippen MR) is 109 cm³/mol. The molecule has 27 heavy (non-hydrogen) atoms. The highest BCUT2D eigenvalue weighted by Crippen LogP contribution is 2.28. The van der Waals surface area contributed by atoms with Gasteiger partial charge in [0.05, 0.1) is 10.0 Å². The van der Waals surface area contributed by atoms with Crippen molar-refractivity contribution in [3.63, 3.8) is 0 Å². The van der Waals surface area contributed by atoms with Crippen LogP contribution in [0.15, 0.2) is 52.7 Å². The van der Waals surface area contributed by atoms with Gasteiger partial charge in [0.2, 0.25) is 0 Å². The third-order valence-electron chi connectivity index (χ3n) is 4.33. The second-order valence-corrected chi connectivity index (χ2v) is 9.84. The van der Waals surface area contributed by atoms with Gasteiger partial charge in [-0.05, 0) is 49.2 Å². The van der Waals surface area contributed by atoms with Gasteiger partial charge in [0, 0.05) is 24.3 Å². The molecule has 0 aliphatic carbocycles. The lowest BCUT2D eigenvalue weighted by molar-refractivity contribution is 0.603. The molecule has 0 atom stereocenters. The minimum atomic E-state index is -3.63. The number of nitrogens with one attached hydrogen (secondary N) is 1. The van der Waals surface area contributed by atoms with Crippen molar-refractivity contribution in [2.24, 2.45) is 0 Å². The molecule has 6 nitrogen and oxygen atoms in total. The van der Waals surface area contributed by atoms with Gasteiger partial charge in [-0.3, -0.25) is 4.72 Å². The van der Waals surface area contributed by atoms with Crippen LogP contribution < -0.4 is 9.62 Å². The summed E-state index contributed by atoms with van der Waals surface area (Å²) in [6, 6.07) is 14.0. The lowest BCUT2D eigenvalue weighted by Gasteiger charge is -2.15. The van der Waals surface area contributed by atoms with Crippen LogP contribution in [0.3, 0.4) is 0 Å². The van der Waals surface area contributed by atoms with Gasteiger partial charge in [-0.2, -0.15) is 0 Å². The summed E-state index contributed by atoms with van der Waals surface area (Å²) in [5, 5.41) is 8.62. The lowest BCUT2D eigenvalue weighted by Crippen LogP contribution is -2.19. The van der Waals surface area contributed by atoms with Crippen LogP contribution in [-0.4, -0.2) is 31.7 Å². The Balaban J connectivity index is 1.48. The fraction of sp³-hybridized carbons (Fsp3) is 0.222. The third kappa shape index (κ3) is 4.07. The summed E-state index contributed by atoms with van der Waals surface area (Å²) in [4.78, 5) is 2.23. The molecule has 1 aromatic carbocycles. The van der Waals surface area contributed by atoms with E-state index < -0.39 is 10.0 Å². The maximum Gasteiger partial charge on any atom is 0.271 e. The number of sulfonamides is 1. The van der Waals surface area contributed by atoms with E-state index in [2.05, 4.69) is 19.8 Å². The zero-order chi connectivity index (χ0) is 18.9. The van der Waals surface area contributed by atoms with Crippen LogP contribution in [0.4, 0.5) is 11.5 Å². The molecule has 0 amide bonds. The molecule has 0 unspecified atom stereocenters. The van der Waals surface area contributed by atoms with Gasteiger partial charge >= 0.3 is 0 Å². The number of rotatable bonds is 5. The van der Waals surface area contributed by atoms with Crippen molar-refractivity contribution < 1.29 is 8.42 Å². The van der Waals surface area contributed by atoms with Crippen molar-refractivity contribution in [3.8, 4) is 11.3 Å². The molecular weight excluding hydrogens is 404 g/mol. The average Bonchev–Trinajstić information content (AvgIpc) is 3.34. The summed E-state index contributed by atoms with van der Waals surface area (Å²) in [5.74, 6) is 0.898. The molecular formula is C18H17ClN4O2S2. The fourth-order valence-electron chi connectivity index (χ4n) is 2.95. The second-order valence-electron chi connectivity index (χ2n) is 6.21. The molecule has 2 aromatic heterocycles. The van der Waals surface area contributed by atoms with Crippen molar-refractivity contribution in [1.82, 2.24) is 10.2 Å². The summed E-state index contributed by atoms with van der Waals surface area (Å²) in [5.41, 5.74) is 2.10. The first-order valence-electron chi connectivity index (χ1n) is 8.48. The van der Waals surface area contributed by atoms with Gasteiger partial charge in [-0.1, -0.05) is 23.7 Å². The van der Waals surface area contributed by atoms with Gasteiger partial charge in [-0.15, -0.1) is 21.5 Å². The van der Waals surface area contributed by atoms with E-state index in [1.807, 2.05) is 24.3 Å². The molecule has 0 radical (unpaired) electrons. The van der Waals surface area contributed by atoms with E-state index in [-0.39, 0.29) is 4.21 Å². The molecule has 1 saturated heterocycles. The predicted octanol–water partition coefficient (Wildman–Crippen LogP) is 4.26. The smallest absolute Gasteiger partial charge is 0.271 e. The van der Waals surface area contributed by atoms with E-state index in [0.717, 1.165) is 41.5 Å². The average molecular weight is 421 g/mol. The van der Waals surface area contributed by atoms with Crippen LogP contribution in [0, 0.1) is 0 Å². The summed E-state index contributed by atoms with van der Waals surface area (Å²) < 4.78 is 27.9. The Hall–Kier alpha value is -2.16. The van der Waals surface area contributed by atoms with E-state index in [0.29, 0.717) is 10.0 Å². The Morgan fingerprint density at radius 2 is 1.70 bits per heavy atom. The Bertz CT molecular complexity index is 1030. The number of hydrogen-bond donors (Lipinski definition) is 1. The van der Waals surface area contributed by atoms with Gasteiger partial charge in [0.1, 0.15) is 4.21 Å². The second kappa shape index (κ2) is 7.46. The van der Waals surface area contributed by atoms with E-state index in [9.17, 15) is 8.42 Å². The molecule has 9 heteroatoms. The highest BCUT2D eigenvalue weighted by molar-refractivity contribution is 7.94. The Morgan fingerprint density at radius 1 is 0.963 bits per heavy atom. The molecule has 3 aromatic rings. The third-order valence-corrected chi connectivity index (χ3v) is 7.43. The first kappa shape index (κ1) is 18.2. The molecule has 4 rings (SSSR count). The van der Waals surface area contributed by atoms with Crippen molar-refractivity contribution in [2.45, 2.75) is 17.1 Å². The van der Waals surface area contributed by atoms with Gasteiger partial charge in [-0.25, -0.2) is 8.42 Å². The Kier molecular flexibility index (Phi) is 5.03. The number of aromatic nitrogens is 2. The monoisotopic (exact) mass is 420 g/mol. The SMILES string of the molecule is O=S(=O)(Nc1ccc(-c2ccc(N3CCCC3)nn2)cc1)c1ccc(Cl)s1. The van der Waals surface area contributed by atoms with Crippen LogP contribution in [0.2, 0.25) is 4.34 Å². The van der Waals surface area contributed by atoms with Crippen LogP contribution >= 0.6 is 22.9 Å². The van der Waals surface area contributed by atoms with Gasteiger partial charge in [0.25, 0.3) is 10.0 Å². The van der Waals surface area contributed by atoms with E-state index in [4.69, 9.17) is 11.6 Å². The maximum atomic E-state index is 12.3. The largest absolute Gasteiger partial charge is 0.355 e. The summed E-state index contributed by atoms with van der Waals surface area (Å²) in [6.07, 6.45) is 2.39. The number of benzene rings is 1. The summed E-state index contributed by atoms with van der Waals surface area (Å²) in [6.45, 7) is 2.05. The number of halogens is 1. The van der Waals surface area contributed by atoms with E-state index in [1.54, 1.807) is 18.2 Å². The summed E-state index contributed by atoms with van der Waals surface area (Å²) in [7, 11) is -3.63. The molecule has 0 spiro atoms. The van der Waals surface area contributed by atoms with Gasteiger partial charge in [0.15, 0.2) is 5.82 Å².